The summed E-state index contributed by atoms with van der Waals surface area (Å²) in [6, 6.07) is 16.9. The van der Waals surface area contributed by atoms with Crippen molar-refractivity contribution in [3.05, 3.63) is 65.4 Å². The molecule has 0 saturated carbocycles. The van der Waals surface area contributed by atoms with Crippen molar-refractivity contribution in [2.45, 2.75) is 13.5 Å². The number of aromatic nitrogens is 5. The zero-order valence-corrected chi connectivity index (χ0v) is 15.5. The molecule has 0 aliphatic rings. The fraction of sp³-hybridized carbons (Fsp3) is 0.100. The van der Waals surface area contributed by atoms with Crippen LogP contribution in [0.1, 0.15) is 16.8 Å². The number of fused-ring (bicyclic) bond motifs is 1. The van der Waals surface area contributed by atoms with Gasteiger partial charge in [-0.05, 0) is 30.3 Å². The Bertz CT molecular complexity index is 1260. The van der Waals surface area contributed by atoms with Crippen LogP contribution in [-0.4, -0.2) is 37.3 Å². The number of hydrogen-bond donors (Lipinski definition) is 2. The Morgan fingerprint density at radius 1 is 1.28 bits per heavy atom. The number of carbonyl (C=O) groups is 1. The third kappa shape index (κ3) is 3.72. The molecular formula is C20H16N8O. The van der Waals surface area contributed by atoms with Crippen LogP contribution in [0.3, 0.4) is 0 Å². The van der Waals surface area contributed by atoms with Crippen LogP contribution in [0.25, 0.3) is 22.3 Å². The minimum absolute atomic E-state index is 0.147. The number of nitrogens with one attached hydrogen (secondary N) is 2. The first-order valence-corrected chi connectivity index (χ1v) is 8.82. The van der Waals surface area contributed by atoms with Gasteiger partial charge in [-0.3, -0.25) is 4.79 Å². The van der Waals surface area contributed by atoms with E-state index in [9.17, 15) is 10.1 Å². The maximum Gasteiger partial charge on any atom is 0.263 e. The van der Waals surface area contributed by atoms with Gasteiger partial charge in [-0.1, -0.05) is 30.3 Å². The molecule has 0 saturated heterocycles. The number of amides is 1. The molecule has 0 atom stereocenters. The maximum atomic E-state index is 12.1. The van der Waals surface area contributed by atoms with E-state index in [-0.39, 0.29) is 12.4 Å². The Morgan fingerprint density at radius 2 is 2.07 bits per heavy atom. The molecule has 9 nitrogen and oxygen atoms in total. The number of benzene rings is 2. The average molecular weight is 384 g/mol. The monoisotopic (exact) mass is 384 g/mol. The standard InChI is InChI=1S/C20H16N8O/c1-13-17(16-8-4-5-9-18(16)23-13)11-22-24-19(29)12-28-26-20(25-27-28)15-7-3-2-6-14(15)10-21/h2-9,11,23H,12H2,1H3,(H,24,29)/b22-11-. The van der Waals surface area contributed by atoms with Crippen molar-refractivity contribution in [2.24, 2.45) is 5.10 Å². The van der Waals surface area contributed by atoms with Crippen LogP contribution in [0.15, 0.2) is 53.6 Å². The number of aromatic amines is 1. The highest BCUT2D eigenvalue weighted by Gasteiger charge is 2.12. The third-order valence-electron chi connectivity index (χ3n) is 4.35. The highest BCUT2D eigenvalue weighted by molar-refractivity contribution is 6.00. The van der Waals surface area contributed by atoms with E-state index in [4.69, 9.17) is 0 Å². The van der Waals surface area contributed by atoms with Crippen molar-refractivity contribution < 1.29 is 4.79 Å². The quantitative estimate of drug-likeness (QED) is 0.403. The first-order chi connectivity index (χ1) is 14.2. The number of nitrogens with zero attached hydrogens (tertiary/aromatic N) is 6. The van der Waals surface area contributed by atoms with E-state index in [1.165, 1.54) is 0 Å². The molecule has 4 rings (SSSR count). The molecule has 0 radical (unpaired) electrons. The smallest absolute Gasteiger partial charge is 0.263 e. The number of hydrazone groups is 1. The number of rotatable bonds is 5. The molecule has 9 heteroatoms. The van der Waals surface area contributed by atoms with E-state index in [2.05, 4.69) is 37.0 Å². The van der Waals surface area contributed by atoms with Crippen molar-refractivity contribution in [3.63, 3.8) is 0 Å². The third-order valence-corrected chi connectivity index (χ3v) is 4.35. The van der Waals surface area contributed by atoms with Gasteiger partial charge in [0.05, 0.1) is 17.8 Å². The number of tetrazole rings is 1. The highest BCUT2D eigenvalue weighted by Crippen LogP contribution is 2.20. The van der Waals surface area contributed by atoms with Gasteiger partial charge in [0, 0.05) is 27.7 Å². The zero-order valence-electron chi connectivity index (χ0n) is 15.5. The van der Waals surface area contributed by atoms with Crippen molar-refractivity contribution in [3.8, 4) is 17.5 Å². The molecule has 142 valence electrons. The van der Waals surface area contributed by atoms with Gasteiger partial charge in [-0.25, -0.2) is 5.43 Å². The summed E-state index contributed by atoms with van der Waals surface area (Å²) in [6.07, 6.45) is 1.61. The second-order valence-corrected chi connectivity index (χ2v) is 6.30. The summed E-state index contributed by atoms with van der Waals surface area (Å²) in [4.78, 5) is 16.6. The Morgan fingerprint density at radius 3 is 2.93 bits per heavy atom. The molecule has 29 heavy (non-hydrogen) atoms. The lowest BCUT2D eigenvalue weighted by molar-refractivity contribution is -0.122. The summed E-state index contributed by atoms with van der Waals surface area (Å²) in [7, 11) is 0. The van der Waals surface area contributed by atoms with E-state index < -0.39 is 5.91 Å². The predicted molar refractivity (Wildman–Crippen MR) is 107 cm³/mol. The van der Waals surface area contributed by atoms with Crippen LogP contribution in [0.4, 0.5) is 0 Å². The van der Waals surface area contributed by atoms with E-state index in [1.807, 2.05) is 31.2 Å². The summed E-state index contributed by atoms with van der Waals surface area (Å²) in [5.74, 6) is -0.107. The summed E-state index contributed by atoms with van der Waals surface area (Å²) < 4.78 is 0. The molecule has 2 aromatic heterocycles. The largest absolute Gasteiger partial charge is 0.358 e. The molecule has 0 spiro atoms. The Labute approximate surface area is 165 Å². The van der Waals surface area contributed by atoms with Crippen molar-refractivity contribution >= 4 is 23.0 Å². The lowest BCUT2D eigenvalue weighted by atomic mass is 10.1. The molecule has 0 bridgehead atoms. The molecule has 0 aliphatic carbocycles. The number of H-pyrrole nitrogens is 1. The molecule has 4 aromatic rings. The van der Waals surface area contributed by atoms with Gasteiger partial charge in [0.15, 0.2) is 0 Å². The lowest BCUT2D eigenvalue weighted by Crippen LogP contribution is -2.24. The number of para-hydroxylation sites is 1. The predicted octanol–water partition coefficient (Wildman–Crippen LogP) is 2.15. The topological polar surface area (TPSA) is 125 Å². The van der Waals surface area contributed by atoms with Crippen LogP contribution in [0.5, 0.6) is 0 Å². The summed E-state index contributed by atoms with van der Waals surface area (Å²) >= 11 is 0. The summed E-state index contributed by atoms with van der Waals surface area (Å²) in [5.41, 5.74) is 6.36. The maximum absolute atomic E-state index is 12.1. The van der Waals surface area contributed by atoms with Gasteiger partial charge in [0.25, 0.3) is 5.91 Å². The normalized spacial score (nSPS) is 11.0. The minimum Gasteiger partial charge on any atom is -0.358 e. The van der Waals surface area contributed by atoms with Gasteiger partial charge >= 0.3 is 0 Å². The van der Waals surface area contributed by atoms with Gasteiger partial charge < -0.3 is 4.98 Å². The fourth-order valence-electron chi connectivity index (χ4n) is 2.99. The first kappa shape index (κ1) is 18.1. The minimum atomic E-state index is -0.392. The fourth-order valence-corrected chi connectivity index (χ4v) is 2.99. The number of aryl methyl sites for hydroxylation is 1. The van der Waals surface area contributed by atoms with E-state index in [0.29, 0.717) is 11.1 Å². The van der Waals surface area contributed by atoms with E-state index >= 15 is 0 Å². The SMILES string of the molecule is Cc1[nH]c2ccccc2c1/C=N\NC(=O)Cn1nnc(-c2ccccc2C#N)n1. The number of carbonyl (C=O) groups excluding carboxylic acids is 1. The highest BCUT2D eigenvalue weighted by atomic mass is 16.2. The van der Waals surface area contributed by atoms with Crippen LogP contribution >= 0.6 is 0 Å². The van der Waals surface area contributed by atoms with Gasteiger partial charge in [0.1, 0.15) is 6.54 Å². The van der Waals surface area contributed by atoms with Crippen molar-refractivity contribution in [2.75, 3.05) is 0 Å². The molecule has 2 heterocycles. The van der Waals surface area contributed by atoms with Crippen LogP contribution in [-0.2, 0) is 11.3 Å². The number of hydrogen-bond acceptors (Lipinski definition) is 6. The average Bonchev–Trinajstić information content (AvgIpc) is 3.32. The van der Waals surface area contributed by atoms with Gasteiger partial charge in [-0.2, -0.15) is 15.2 Å². The first-order valence-electron chi connectivity index (χ1n) is 8.82. The van der Waals surface area contributed by atoms with Crippen LogP contribution < -0.4 is 5.43 Å². The molecule has 0 fully saturated rings. The summed E-state index contributed by atoms with van der Waals surface area (Å²) in [6.45, 7) is 1.80. The Balaban J connectivity index is 1.43. The number of nitriles is 1. The Kier molecular flexibility index (Phi) is 4.82. The zero-order chi connectivity index (χ0) is 20.2. The van der Waals surface area contributed by atoms with E-state index in [0.717, 1.165) is 27.0 Å². The van der Waals surface area contributed by atoms with Gasteiger partial charge in [0.2, 0.25) is 5.82 Å². The van der Waals surface area contributed by atoms with Crippen LogP contribution in [0.2, 0.25) is 0 Å². The molecule has 2 aromatic carbocycles. The van der Waals surface area contributed by atoms with Crippen LogP contribution in [0, 0.1) is 18.3 Å². The molecule has 0 aliphatic heterocycles. The van der Waals surface area contributed by atoms with Crippen molar-refractivity contribution in [1.29, 1.82) is 5.26 Å². The lowest BCUT2D eigenvalue weighted by Gasteiger charge is -1.99. The Hall–Kier alpha value is -4.32. The molecule has 0 unspecified atom stereocenters. The molecular weight excluding hydrogens is 368 g/mol. The van der Waals surface area contributed by atoms with Gasteiger partial charge in [-0.15, -0.1) is 10.2 Å². The second-order valence-electron chi connectivity index (χ2n) is 6.30. The molecule has 2 N–H and O–H groups in total. The molecule has 1 amide bonds. The van der Waals surface area contributed by atoms with Crippen molar-refractivity contribution in [1.82, 2.24) is 30.6 Å². The summed E-state index contributed by atoms with van der Waals surface area (Å²) in [5, 5.41) is 26.2. The van der Waals surface area contributed by atoms with E-state index in [1.54, 1.807) is 30.5 Å². The second kappa shape index (κ2) is 7.74.